The van der Waals surface area contributed by atoms with Gasteiger partial charge in [-0.2, -0.15) is 0 Å². The first-order valence-electron chi connectivity index (χ1n) is 23.7. The van der Waals surface area contributed by atoms with Gasteiger partial charge in [-0.1, -0.05) is 48.5 Å². The van der Waals surface area contributed by atoms with Gasteiger partial charge in [0.15, 0.2) is 0 Å². The Morgan fingerprint density at radius 2 is 0.493 bits per heavy atom. The zero-order valence-electron chi connectivity index (χ0n) is 41.9. The van der Waals surface area contributed by atoms with E-state index in [1.54, 1.807) is 48.5 Å². The molecule has 1 saturated heterocycles. The number of phenolic OH excluding ortho intramolecular Hbond substituents is 4. The van der Waals surface area contributed by atoms with Crippen molar-refractivity contribution in [2.24, 2.45) is 0 Å². The number of carbonyl (C=O) groups is 3. The van der Waals surface area contributed by atoms with Crippen molar-refractivity contribution < 1.29 is 54.9 Å². The third-order valence-electron chi connectivity index (χ3n) is 13.7. The Labute approximate surface area is 423 Å². The lowest BCUT2D eigenvalue weighted by Gasteiger charge is -2.34. The second kappa shape index (κ2) is 22.3. The first-order chi connectivity index (χ1) is 34.5. The highest BCUT2D eigenvalue weighted by atomic mass is 16.5. The topological polar surface area (TPSA) is 265 Å². The lowest BCUT2D eigenvalue weighted by Crippen LogP contribution is -2.31. The van der Waals surface area contributed by atoms with E-state index in [4.69, 9.17) is 34.4 Å². The number of nitrogens with one attached hydrogen (secondary N) is 4. The quantitative estimate of drug-likeness (QED) is 0.0790. The predicted octanol–water partition coefficient (Wildman–Crippen LogP) is 10.6. The van der Waals surface area contributed by atoms with Crippen molar-refractivity contribution in [1.29, 1.82) is 0 Å². The molecule has 8 bridgehead atoms. The van der Waals surface area contributed by atoms with E-state index in [1.165, 1.54) is 12.8 Å². The molecule has 0 aliphatic carbocycles. The summed E-state index contributed by atoms with van der Waals surface area (Å²) in [6.45, 7) is 14.0. The standard InChI is InChI=1S/C48H44N4O4.C4H8O.3C2H4O2/c1-45(29-5-13-33(53)14-6-29)37-21-23-39(49-37)46(2,30-7-15-34(54)16-8-30)41-25-27-43(51-41)48(4,32-11-19-36(56)20-12-32)44-28-26-42(52-44)47(3,40-24-22-38(45)50-40)31-9-17-35(55)18-10-31;1-2-4-5-3-1;3*1-2(3)4/h5-28,49-56H,1-4H3;1-4H2;3*1H3,(H,3,4). The molecule has 0 unspecified atom stereocenters. The highest BCUT2D eigenvalue weighted by Crippen LogP contribution is 2.48. The maximum absolute atomic E-state index is 10.4. The molecule has 4 aromatic heterocycles. The molecule has 0 saturated carbocycles. The monoisotopic (exact) mass is 992 g/mol. The van der Waals surface area contributed by atoms with Gasteiger partial charge < -0.3 is 60.4 Å². The van der Waals surface area contributed by atoms with Crippen LogP contribution in [0.4, 0.5) is 0 Å². The smallest absolute Gasteiger partial charge is 0.300 e. The molecule has 0 amide bonds. The minimum Gasteiger partial charge on any atom is -0.508 e. The molecule has 2 aliphatic heterocycles. The normalized spacial score (nSPS) is 20.5. The number of rotatable bonds is 4. The fourth-order valence-electron chi connectivity index (χ4n) is 9.43. The second-order valence-corrected chi connectivity index (χ2v) is 18.7. The molecule has 0 spiro atoms. The van der Waals surface area contributed by atoms with E-state index < -0.39 is 39.6 Å². The summed E-state index contributed by atoms with van der Waals surface area (Å²) in [7, 11) is 0. The number of phenols is 4. The molecular formula is C58H64N4O11. The zero-order valence-corrected chi connectivity index (χ0v) is 41.9. The highest BCUT2D eigenvalue weighted by Gasteiger charge is 2.43. The molecule has 382 valence electrons. The van der Waals surface area contributed by atoms with Gasteiger partial charge in [-0.15, -0.1) is 0 Å². The molecule has 0 atom stereocenters. The minimum atomic E-state index is -0.833. The molecule has 6 heterocycles. The average Bonchev–Trinajstić information content (AvgIpc) is 4.21. The lowest BCUT2D eigenvalue weighted by atomic mass is 9.76. The van der Waals surface area contributed by atoms with Crippen molar-refractivity contribution in [3.63, 3.8) is 0 Å². The summed E-state index contributed by atoms with van der Waals surface area (Å²) < 4.78 is 4.94. The fourth-order valence-corrected chi connectivity index (χ4v) is 9.43. The van der Waals surface area contributed by atoms with Crippen LogP contribution >= 0.6 is 0 Å². The van der Waals surface area contributed by atoms with Gasteiger partial charge in [0.25, 0.3) is 17.9 Å². The third kappa shape index (κ3) is 11.5. The van der Waals surface area contributed by atoms with Crippen LogP contribution < -0.4 is 0 Å². The van der Waals surface area contributed by atoms with Gasteiger partial charge in [-0.05, 0) is 160 Å². The number of ether oxygens (including phenoxy) is 1. The summed E-state index contributed by atoms with van der Waals surface area (Å²) in [6, 6.07) is 46.6. The predicted molar refractivity (Wildman–Crippen MR) is 278 cm³/mol. The maximum atomic E-state index is 10.4. The van der Waals surface area contributed by atoms with Crippen LogP contribution in [0, 0.1) is 0 Å². The number of H-pyrrole nitrogens is 4. The Morgan fingerprint density at radius 3 is 0.616 bits per heavy atom. The van der Waals surface area contributed by atoms with E-state index in [0.29, 0.717) is 0 Å². The number of carboxylic acid groups (broad SMARTS) is 3. The first-order valence-corrected chi connectivity index (χ1v) is 23.7. The summed E-state index contributed by atoms with van der Waals surface area (Å²) in [6.07, 6.45) is 2.56. The molecule has 73 heavy (non-hydrogen) atoms. The van der Waals surface area contributed by atoms with E-state index in [-0.39, 0.29) is 23.0 Å². The van der Waals surface area contributed by atoms with Gasteiger partial charge in [-0.25, -0.2) is 0 Å². The summed E-state index contributed by atoms with van der Waals surface area (Å²) in [5.74, 6) is -1.74. The van der Waals surface area contributed by atoms with Crippen molar-refractivity contribution in [2.45, 2.75) is 83.0 Å². The van der Waals surface area contributed by atoms with E-state index in [9.17, 15) is 20.4 Å². The molecule has 8 aromatic rings. The molecule has 15 nitrogen and oxygen atoms in total. The molecule has 15 heteroatoms. The van der Waals surface area contributed by atoms with Crippen molar-refractivity contribution in [2.75, 3.05) is 13.2 Å². The Kier molecular flexibility index (Phi) is 16.5. The third-order valence-corrected chi connectivity index (χ3v) is 13.7. The zero-order chi connectivity index (χ0) is 53.3. The van der Waals surface area contributed by atoms with Gasteiger partial charge in [0.2, 0.25) is 0 Å². The molecular weight excluding hydrogens is 929 g/mol. The number of aromatic hydroxyl groups is 4. The molecule has 1 fully saturated rings. The van der Waals surface area contributed by atoms with Crippen molar-refractivity contribution in [1.82, 2.24) is 19.9 Å². The van der Waals surface area contributed by atoms with Crippen molar-refractivity contribution >= 4 is 17.9 Å². The van der Waals surface area contributed by atoms with Gasteiger partial charge in [0, 0.05) is 79.5 Å². The second-order valence-electron chi connectivity index (χ2n) is 18.7. The summed E-state index contributed by atoms with van der Waals surface area (Å²) in [4.78, 5) is 42.6. The van der Waals surface area contributed by atoms with E-state index in [1.807, 2.05) is 48.5 Å². The van der Waals surface area contributed by atoms with Crippen LogP contribution in [0.3, 0.4) is 0 Å². The lowest BCUT2D eigenvalue weighted by molar-refractivity contribution is -0.135. The van der Waals surface area contributed by atoms with Crippen LogP contribution in [-0.4, -0.2) is 86.8 Å². The number of hydrogen-bond acceptors (Lipinski definition) is 8. The van der Waals surface area contributed by atoms with Gasteiger partial charge in [0.05, 0.1) is 21.7 Å². The Balaban J connectivity index is 0.000000442. The van der Waals surface area contributed by atoms with Gasteiger partial charge in [-0.3, -0.25) is 14.4 Å². The van der Waals surface area contributed by atoms with Crippen molar-refractivity contribution in [3.05, 3.63) is 213 Å². The van der Waals surface area contributed by atoms with E-state index in [0.717, 1.165) is 102 Å². The van der Waals surface area contributed by atoms with Crippen molar-refractivity contribution in [3.8, 4) is 23.0 Å². The Morgan fingerprint density at radius 1 is 0.342 bits per heavy atom. The van der Waals surface area contributed by atoms with Gasteiger partial charge in [0.1, 0.15) is 23.0 Å². The number of aliphatic carboxylic acids is 3. The first kappa shape index (κ1) is 53.9. The number of fused-ring (bicyclic) bond motifs is 8. The fraction of sp³-hybridized carbons (Fsp3) is 0.259. The van der Waals surface area contributed by atoms with Crippen LogP contribution in [0.25, 0.3) is 0 Å². The molecule has 0 radical (unpaired) electrons. The minimum absolute atomic E-state index is 0.189. The summed E-state index contributed by atoms with van der Waals surface area (Å²) in [5.41, 5.74) is 8.53. The number of benzene rings is 4. The molecule has 10 rings (SSSR count). The SMILES string of the molecule is C1CCOC1.CC(=O)O.CC(=O)O.CC(=O)O.CC1(c2ccc(O)cc2)c2ccc([nH]2)C(C)(c2ccc(O)cc2)c2ccc([nH]2)C(C)(c2ccc(O)cc2)c2ccc([nH]2)C(C)(c2ccc(O)cc2)c2ccc1[nH]2. The van der Waals surface area contributed by atoms with Crippen LogP contribution in [0.15, 0.2) is 146 Å². The summed E-state index contributed by atoms with van der Waals surface area (Å²) >= 11 is 0. The number of aromatic amines is 4. The highest BCUT2D eigenvalue weighted by molar-refractivity contribution is 5.63. The van der Waals surface area contributed by atoms with Crippen LogP contribution in [0.2, 0.25) is 0 Å². The van der Waals surface area contributed by atoms with Crippen LogP contribution in [-0.2, 0) is 40.8 Å². The molecule has 4 aromatic carbocycles. The van der Waals surface area contributed by atoms with E-state index in [2.05, 4.69) is 96.2 Å². The maximum Gasteiger partial charge on any atom is 0.300 e. The summed E-state index contributed by atoms with van der Waals surface area (Å²) in [5, 5.41) is 63.7. The molecule has 11 N–H and O–H groups in total. The van der Waals surface area contributed by atoms with Gasteiger partial charge >= 0.3 is 0 Å². The Hall–Kier alpha value is -8.43. The molecule has 2 aliphatic rings. The number of hydrogen-bond donors (Lipinski definition) is 11. The average molecular weight is 993 g/mol. The largest absolute Gasteiger partial charge is 0.508 e. The van der Waals surface area contributed by atoms with E-state index >= 15 is 0 Å². The van der Waals surface area contributed by atoms with Crippen LogP contribution in [0.5, 0.6) is 23.0 Å². The van der Waals surface area contributed by atoms with Crippen LogP contribution in [0.1, 0.15) is 129 Å². The Bertz CT molecular complexity index is 2600. The number of carboxylic acids is 3. The number of aromatic nitrogens is 4.